The number of unbranched alkanes of at least 4 members (excludes halogenated alkanes) is 13. The van der Waals surface area contributed by atoms with E-state index in [2.05, 4.69) is 35.1 Å². The summed E-state index contributed by atoms with van der Waals surface area (Å²) in [6, 6.07) is 6.00. The molecule has 0 heterocycles. The zero-order valence-electron chi connectivity index (χ0n) is 19.4. The minimum atomic E-state index is -0.0452. The van der Waals surface area contributed by atoms with Crippen LogP contribution in [0.3, 0.4) is 0 Å². The average molecular weight is 483 g/mol. The summed E-state index contributed by atoms with van der Waals surface area (Å²) in [4.78, 5) is 11.9. The van der Waals surface area contributed by atoms with E-state index in [1.54, 1.807) is 0 Å². The van der Waals surface area contributed by atoms with Crippen LogP contribution < -0.4 is 10.1 Å². The summed E-state index contributed by atoms with van der Waals surface area (Å²) < 4.78 is 6.52. The van der Waals surface area contributed by atoms with Gasteiger partial charge in [0, 0.05) is 6.54 Å². The second-order valence-corrected chi connectivity index (χ2v) is 9.21. The van der Waals surface area contributed by atoms with Gasteiger partial charge in [0.2, 0.25) is 0 Å². The molecule has 0 bridgehead atoms. The molecule has 1 N–H and O–H groups in total. The summed E-state index contributed by atoms with van der Waals surface area (Å²) in [6.45, 7) is 5.21. The van der Waals surface area contributed by atoms with Crippen molar-refractivity contribution >= 4 is 21.8 Å². The third kappa shape index (κ3) is 14.1. The molecule has 30 heavy (non-hydrogen) atoms. The van der Waals surface area contributed by atoms with Crippen molar-refractivity contribution in [3.63, 3.8) is 0 Å². The summed E-state index contributed by atoms with van der Waals surface area (Å²) in [5.74, 6) is 0.676. The van der Waals surface area contributed by atoms with E-state index in [0.717, 1.165) is 29.6 Å². The molecule has 0 aliphatic carbocycles. The monoisotopic (exact) mass is 481 g/mol. The molecule has 4 heteroatoms. The molecule has 0 atom stereocenters. The van der Waals surface area contributed by atoms with Gasteiger partial charge < -0.3 is 10.1 Å². The van der Waals surface area contributed by atoms with Gasteiger partial charge in [-0.3, -0.25) is 4.79 Å². The maximum Gasteiger partial charge on any atom is 0.257 e. The van der Waals surface area contributed by atoms with E-state index in [9.17, 15) is 4.79 Å². The van der Waals surface area contributed by atoms with E-state index in [-0.39, 0.29) is 12.5 Å². The summed E-state index contributed by atoms with van der Waals surface area (Å²) in [6.07, 6.45) is 19.9. The van der Waals surface area contributed by atoms with Crippen molar-refractivity contribution in [3.8, 4) is 5.75 Å². The molecule has 0 saturated heterocycles. The Hall–Kier alpha value is -1.03. The Kier molecular flexibility index (Phi) is 16.8. The van der Waals surface area contributed by atoms with Crippen LogP contribution in [0.1, 0.15) is 109 Å². The highest BCUT2D eigenvalue weighted by Gasteiger charge is 2.06. The first-order valence-corrected chi connectivity index (χ1v) is 13.1. The number of hydrogen-bond acceptors (Lipinski definition) is 2. The molecular weight excluding hydrogens is 438 g/mol. The molecule has 1 amide bonds. The number of nitrogens with one attached hydrogen (secondary N) is 1. The fourth-order valence-corrected chi connectivity index (χ4v) is 4.16. The molecular formula is C26H44BrNO2. The Balaban J connectivity index is 1.88. The number of carbonyl (C=O) groups excluding carboxylic acids is 1. The number of carbonyl (C=O) groups is 1. The van der Waals surface area contributed by atoms with Gasteiger partial charge in [0.25, 0.3) is 5.91 Å². The van der Waals surface area contributed by atoms with Crippen molar-refractivity contribution in [2.24, 2.45) is 0 Å². The van der Waals surface area contributed by atoms with Crippen molar-refractivity contribution in [3.05, 3.63) is 28.2 Å². The largest absolute Gasteiger partial charge is 0.483 e. The minimum absolute atomic E-state index is 0.0452. The number of amides is 1. The summed E-state index contributed by atoms with van der Waals surface area (Å²) in [5.41, 5.74) is 1.25. The lowest BCUT2D eigenvalue weighted by Gasteiger charge is -2.10. The van der Waals surface area contributed by atoms with E-state index in [0.29, 0.717) is 0 Å². The molecule has 0 spiro atoms. The number of benzene rings is 1. The second-order valence-electron chi connectivity index (χ2n) is 8.35. The lowest BCUT2D eigenvalue weighted by Crippen LogP contribution is -2.29. The molecule has 172 valence electrons. The predicted octanol–water partition coefficient (Wildman–Crippen LogP) is 7.99. The molecule has 0 unspecified atom stereocenters. The minimum Gasteiger partial charge on any atom is -0.483 e. The van der Waals surface area contributed by atoms with E-state index >= 15 is 0 Å². The molecule has 1 rings (SSSR count). The smallest absolute Gasteiger partial charge is 0.257 e. The highest BCUT2D eigenvalue weighted by molar-refractivity contribution is 9.10. The normalized spacial score (nSPS) is 10.9. The van der Waals surface area contributed by atoms with Crippen LogP contribution in [0.4, 0.5) is 0 Å². The van der Waals surface area contributed by atoms with Gasteiger partial charge in [-0.25, -0.2) is 0 Å². The zero-order valence-corrected chi connectivity index (χ0v) is 21.0. The number of rotatable bonds is 19. The fourth-order valence-electron chi connectivity index (χ4n) is 3.62. The Morgan fingerprint density at radius 1 is 0.833 bits per heavy atom. The topological polar surface area (TPSA) is 38.3 Å². The van der Waals surface area contributed by atoms with Gasteiger partial charge in [-0.1, -0.05) is 103 Å². The summed E-state index contributed by atoms with van der Waals surface area (Å²) >= 11 is 3.50. The average Bonchev–Trinajstić information content (AvgIpc) is 2.75. The van der Waals surface area contributed by atoms with Crippen LogP contribution in [0, 0.1) is 0 Å². The van der Waals surface area contributed by atoms with Crippen LogP contribution in [0.2, 0.25) is 0 Å². The van der Waals surface area contributed by atoms with Gasteiger partial charge in [0.05, 0.1) is 4.47 Å². The van der Waals surface area contributed by atoms with Crippen LogP contribution in [-0.4, -0.2) is 19.1 Å². The maximum absolute atomic E-state index is 11.9. The number of halogens is 1. The predicted molar refractivity (Wildman–Crippen MR) is 132 cm³/mol. The highest BCUT2D eigenvalue weighted by atomic mass is 79.9. The van der Waals surface area contributed by atoms with Crippen LogP contribution in [0.5, 0.6) is 5.75 Å². The van der Waals surface area contributed by atoms with Crippen molar-refractivity contribution in [2.75, 3.05) is 13.2 Å². The Labute approximate surface area is 193 Å². The lowest BCUT2D eigenvalue weighted by molar-refractivity contribution is -0.123. The molecule has 0 saturated carbocycles. The van der Waals surface area contributed by atoms with Crippen molar-refractivity contribution < 1.29 is 9.53 Å². The first-order valence-electron chi connectivity index (χ1n) is 12.3. The maximum atomic E-state index is 11.9. The first kappa shape index (κ1) is 27.0. The molecule has 0 aliphatic rings. The number of ether oxygens (including phenoxy) is 1. The SMILES string of the molecule is CCCCCCCCCCCCCCCCNC(=O)COc1ccc(CC)cc1Br. The third-order valence-corrected chi connectivity index (χ3v) is 6.24. The Morgan fingerprint density at radius 2 is 1.37 bits per heavy atom. The molecule has 0 fully saturated rings. The van der Waals surface area contributed by atoms with E-state index in [4.69, 9.17) is 4.74 Å². The van der Waals surface area contributed by atoms with Crippen molar-refractivity contribution in [2.45, 2.75) is 110 Å². The lowest BCUT2D eigenvalue weighted by atomic mass is 10.0. The van der Waals surface area contributed by atoms with Crippen LogP contribution in [0.15, 0.2) is 22.7 Å². The molecule has 1 aromatic carbocycles. The van der Waals surface area contributed by atoms with Crippen LogP contribution in [0.25, 0.3) is 0 Å². The van der Waals surface area contributed by atoms with Gasteiger partial charge in [-0.15, -0.1) is 0 Å². The second kappa shape index (κ2) is 18.7. The Bertz CT molecular complexity index is 562. The summed E-state index contributed by atoms with van der Waals surface area (Å²) in [7, 11) is 0. The molecule has 0 aliphatic heterocycles. The standard InChI is InChI=1S/C26H44BrNO2/c1-3-5-6-7-8-9-10-11-12-13-14-15-16-17-20-28-26(29)22-30-25-19-18-23(4-2)21-24(25)27/h18-19,21H,3-17,20,22H2,1-2H3,(H,28,29). The third-order valence-electron chi connectivity index (χ3n) is 5.62. The van der Waals surface area contributed by atoms with Crippen LogP contribution in [-0.2, 0) is 11.2 Å². The molecule has 1 aromatic rings. The first-order chi connectivity index (χ1) is 14.7. The van der Waals surface area contributed by atoms with Crippen molar-refractivity contribution in [1.29, 1.82) is 0 Å². The van der Waals surface area contributed by atoms with Gasteiger partial charge in [-0.2, -0.15) is 0 Å². The van der Waals surface area contributed by atoms with Gasteiger partial charge in [0.15, 0.2) is 6.61 Å². The Morgan fingerprint density at radius 3 is 1.87 bits per heavy atom. The number of aryl methyl sites for hydroxylation is 1. The van der Waals surface area contributed by atoms with E-state index < -0.39 is 0 Å². The highest BCUT2D eigenvalue weighted by Crippen LogP contribution is 2.26. The van der Waals surface area contributed by atoms with E-state index in [1.807, 2.05) is 18.2 Å². The van der Waals surface area contributed by atoms with Gasteiger partial charge in [0.1, 0.15) is 5.75 Å². The molecule has 0 radical (unpaired) electrons. The molecule has 0 aromatic heterocycles. The van der Waals surface area contributed by atoms with Gasteiger partial charge in [-0.05, 0) is 46.5 Å². The molecule has 3 nitrogen and oxygen atoms in total. The summed E-state index contributed by atoms with van der Waals surface area (Å²) in [5, 5.41) is 2.96. The van der Waals surface area contributed by atoms with Crippen LogP contribution >= 0.6 is 15.9 Å². The quantitative estimate of drug-likeness (QED) is 0.203. The van der Waals surface area contributed by atoms with E-state index in [1.165, 1.54) is 89.0 Å². The van der Waals surface area contributed by atoms with Gasteiger partial charge >= 0.3 is 0 Å². The fraction of sp³-hybridized carbons (Fsp3) is 0.731. The number of hydrogen-bond donors (Lipinski definition) is 1. The zero-order chi connectivity index (χ0) is 21.9. The van der Waals surface area contributed by atoms with Crippen molar-refractivity contribution in [1.82, 2.24) is 5.32 Å².